The maximum Gasteiger partial charge on any atom is 0.147 e. The van der Waals surface area contributed by atoms with E-state index in [0.717, 1.165) is 21.7 Å². The maximum atomic E-state index is 5.99. The first-order valence-corrected chi connectivity index (χ1v) is 7.19. The lowest BCUT2D eigenvalue weighted by atomic mass is 10.4. The van der Waals surface area contributed by atoms with E-state index in [0.29, 0.717) is 5.15 Å². The zero-order valence-electron chi connectivity index (χ0n) is 9.15. The van der Waals surface area contributed by atoms with Gasteiger partial charge in [0.05, 0.1) is 15.9 Å². The van der Waals surface area contributed by atoms with Crippen molar-refractivity contribution in [3.63, 3.8) is 0 Å². The van der Waals surface area contributed by atoms with Crippen molar-refractivity contribution >= 4 is 39.3 Å². The Morgan fingerprint density at radius 1 is 1.24 bits per heavy atom. The van der Waals surface area contributed by atoms with Crippen LogP contribution in [0.15, 0.2) is 39.7 Å². The van der Waals surface area contributed by atoms with E-state index in [1.165, 1.54) is 4.90 Å². The number of aromatic nitrogens is 2. The molecule has 0 aliphatic carbocycles. The van der Waals surface area contributed by atoms with Crippen molar-refractivity contribution in [3.8, 4) is 0 Å². The Hall–Kier alpha value is -0.580. The number of hydrogen-bond acceptors (Lipinski definition) is 3. The van der Waals surface area contributed by atoms with Crippen molar-refractivity contribution in [2.75, 3.05) is 0 Å². The van der Waals surface area contributed by atoms with Crippen LogP contribution in [-0.4, -0.2) is 9.97 Å². The van der Waals surface area contributed by atoms with E-state index >= 15 is 0 Å². The molecule has 17 heavy (non-hydrogen) atoms. The van der Waals surface area contributed by atoms with Crippen molar-refractivity contribution in [1.29, 1.82) is 0 Å². The van der Waals surface area contributed by atoms with Crippen molar-refractivity contribution in [2.45, 2.75) is 17.6 Å². The first-order chi connectivity index (χ1) is 8.16. The van der Waals surface area contributed by atoms with Crippen molar-refractivity contribution in [1.82, 2.24) is 9.97 Å². The normalized spacial score (nSPS) is 10.5. The van der Waals surface area contributed by atoms with Crippen LogP contribution in [0.2, 0.25) is 5.15 Å². The first kappa shape index (κ1) is 12.9. The Balaban J connectivity index is 2.10. The molecule has 1 heterocycles. The van der Waals surface area contributed by atoms with Crippen molar-refractivity contribution in [3.05, 3.63) is 51.5 Å². The molecule has 0 fully saturated rings. The number of hydrogen-bond donors (Lipinski definition) is 0. The molecule has 0 saturated heterocycles. The zero-order chi connectivity index (χ0) is 12.3. The van der Waals surface area contributed by atoms with E-state index < -0.39 is 0 Å². The van der Waals surface area contributed by atoms with Crippen LogP contribution in [0.4, 0.5) is 0 Å². The van der Waals surface area contributed by atoms with Gasteiger partial charge in [0.2, 0.25) is 0 Å². The molecule has 0 bridgehead atoms. The lowest BCUT2D eigenvalue weighted by Crippen LogP contribution is -1.97. The Kier molecular flexibility index (Phi) is 4.42. The summed E-state index contributed by atoms with van der Waals surface area (Å²) in [6.45, 7) is 1.91. The molecule has 2 rings (SSSR count). The number of thioether (sulfide) groups is 1. The second kappa shape index (κ2) is 5.85. The molecule has 1 aromatic carbocycles. The van der Waals surface area contributed by atoms with Gasteiger partial charge in [0.25, 0.3) is 0 Å². The molecule has 1 aromatic heterocycles. The van der Waals surface area contributed by atoms with Crippen LogP contribution in [0.3, 0.4) is 0 Å². The summed E-state index contributed by atoms with van der Waals surface area (Å²) in [6.07, 6.45) is 0. The van der Waals surface area contributed by atoms with Gasteiger partial charge in [0.15, 0.2) is 0 Å². The summed E-state index contributed by atoms with van der Waals surface area (Å²) in [7, 11) is 0. The first-order valence-electron chi connectivity index (χ1n) is 5.03. The molecule has 0 N–H and O–H groups in total. The fourth-order valence-corrected chi connectivity index (χ4v) is 2.49. The highest BCUT2D eigenvalue weighted by Gasteiger charge is 2.07. The van der Waals surface area contributed by atoms with Crippen molar-refractivity contribution in [2.24, 2.45) is 0 Å². The molecule has 0 aliphatic heterocycles. The minimum atomic E-state index is 0.473. The van der Waals surface area contributed by atoms with Gasteiger partial charge < -0.3 is 0 Å². The Bertz CT molecular complexity index is 496. The Morgan fingerprint density at radius 3 is 2.59 bits per heavy atom. The van der Waals surface area contributed by atoms with Gasteiger partial charge in [0, 0.05) is 4.90 Å². The maximum absolute atomic E-state index is 5.99. The van der Waals surface area contributed by atoms with Crippen LogP contribution >= 0.6 is 39.3 Å². The third-order valence-electron chi connectivity index (χ3n) is 2.13. The zero-order valence-corrected chi connectivity index (χ0v) is 12.3. The highest BCUT2D eigenvalue weighted by Crippen LogP contribution is 2.25. The fourth-order valence-electron chi connectivity index (χ4n) is 1.31. The van der Waals surface area contributed by atoms with Gasteiger partial charge >= 0.3 is 0 Å². The molecular weight excluding hydrogens is 320 g/mol. The van der Waals surface area contributed by atoms with E-state index in [4.69, 9.17) is 11.6 Å². The summed E-state index contributed by atoms with van der Waals surface area (Å²) >= 11 is 11.0. The second-order valence-corrected chi connectivity index (χ2v) is 5.63. The topological polar surface area (TPSA) is 25.8 Å². The van der Waals surface area contributed by atoms with E-state index in [-0.39, 0.29) is 0 Å². The lowest BCUT2D eigenvalue weighted by Gasteiger charge is -2.04. The van der Waals surface area contributed by atoms with Gasteiger partial charge in [0.1, 0.15) is 11.0 Å². The number of aryl methyl sites for hydroxylation is 1. The van der Waals surface area contributed by atoms with Gasteiger partial charge in [-0.15, -0.1) is 11.8 Å². The SMILES string of the molecule is Cc1nc(CSc2ccccc2)nc(Cl)c1Br. The molecule has 0 unspecified atom stereocenters. The average molecular weight is 330 g/mol. The summed E-state index contributed by atoms with van der Waals surface area (Å²) < 4.78 is 0.771. The van der Waals surface area contributed by atoms with E-state index in [1.807, 2.05) is 25.1 Å². The largest absolute Gasteiger partial charge is 0.236 e. The third kappa shape index (κ3) is 3.44. The van der Waals surface area contributed by atoms with E-state index in [9.17, 15) is 0 Å². The van der Waals surface area contributed by atoms with Gasteiger partial charge in [-0.05, 0) is 35.0 Å². The quantitative estimate of drug-likeness (QED) is 0.613. The molecule has 0 atom stereocenters. The molecule has 0 spiro atoms. The highest BCUT2D eigenvalue weighted by molar-refractivity contribution is 9.10. The molecule has 2 nitrogen and oxygen atoms in total. The van der Waals surface area contributed by atoms with Crippen LogP contribution in [0.25, 0.3) is 0 Å². The van der Waals surface area contributed by atoms with Gasteiger partial charge in [-0.2, -0.15) is 0 Å². The molecule has 0 radical (unpaired) electrons. The average Bonchev–Trinajstić information content (AvgIpc) is 2.34. The summed E-state index contributed by atoms with van der Waals surface area (Å²) in [5.74, 6) is 1.47. The van der Waals surface area contributed by atoms with E-state index in [2.05, 4.69) is 38.0 Å². The Labute approximate surface area is 118 Å². The van der Waals surface area contributed by atoms with Gasteiger partial charge in [-0.1, -0.05) is 29.8 Å². The monoisotopic (exact) mass is 328 g/mol. The minimum Gasteiger partial charge on any atom is -0.236 e. The van der Waals surface area contributed by atoms with E-state index in [1.54, 1.807) is 11.8 Å². The molecule has 2 aromatic rings. The van der Waals surface area contributed by atoms with Gasteiger partial charge in [-0.3, -0.25) is 0 Å². The summed E-state index contributed by atoms with van der Waals surface area (Å²) in [6, 6.07) is 10.2. The predicted octanol–water partition coefficient (Wildman–Crippen LogP) is 4.49. The standard InChI is InChI=1S/C12H10BrClN2S/c1-8-11(13)12(14)16-10(15-8)7-17-9-5-3-2-4-6-9/h2-6H,7H2,1H3. The smallest absolute Gasteiger partial charge is 0.147 e. The minimum absolute atomic E-state index is 0.473. The number of benzene rings is 1. The number of nitrogens with zero attached hydrogens (tertiary/aromatic N) is 2. The molecular formula is C12H10BrClN2S. The second-order valence-electron chi connectivity index (χ2n) is 3.43. The molecule has 5 heteroatoms. The summed E-state index contributed by atoms with van der Waals surface area (Å²) in [5.41, 5.74) is 0.869. The lowest BCUT2D eigenvalue weighted by molar-refractivity contribution is 0.984. The Morgan fingerprint density at radius 2 is 1.94 bits per heavy atom. The van der Waals surface area contributed by atoms with Crippen LogP contribution in [-0.2, 0) is 5.75 Å². The number of rotatable bonds is 3. The molecule has 0 amide bonds. The highest BCUT2D eigenvalue weighted by atomic mass is 79.9. The van der Waals surface area contributed by atoms with Gasteiger partial charge in [-0.25, -0.2) is 9.97 Å². The molecule has 0 saturated carbocycles. The fraction of sp³-hybridized carbons (Fsp3) is 0.167. The summed E-state index contributed by atoms with van der Waals surface area (Å²) in [4.78, 5) is 9.82. The van der Waals surface area contributed by atoms with Crippen molar-refractivity contribution < 1.29 is 0 Å². The predicted molar refractivity (Wildman–Crippen MR) is 75.5 cm³/mol. The summed E-state index contributed by atoms with van der Waals surface area (Å²) in [5, 5.41) is 0.473. The molecule has 0 aliphatic rings. The van der Waals surface area contributed by atoms with Crippen LogP contribution in [0.5, 0.6) is 0 Å². The third-order valence-corrected chi connectivity index (χ3v) is 4.59. The van der Waals surface area contributed by atoms with Crippen LogP contribution in [0, 0.1) is 6.92 Å². The number of halogens is 2. The van der Waals surface area contributed by atoms with Crippen LogP contribution < -0.4 is 0 Å². The molecule has 88 valence electrons. The van der Waals surface area contributed by atoms with Crippen LogP contribution in [0.1, 0.15) is 11.5 Å².